The predicted molar refractivity (Wildman–Crippen MR) is 99.6 cm³/mol. The zero-order valence-corrected chi connectivity index (χ0v) is 14.7. The van der Waals surface area contributed by atoms with Gasteiger partial charge in [-0.1, -0.05) is 41.9 Å². The number of halogens is 1. The van der Waals surface area contributed by atoms with Crippen molar-refractivity contribution in [2.24, 2.45) is 5.92 Å². The minimum absolute atomic E-state index is 0.00586. The van der Waals surface area contributed by atoms with Crippen LogP contribution in [0.5, 0.6) is 0 Å². The average Bonchev–Trinajstić information content (AvgIpc) is 2.94. The zero-order valence-electron chi connectivity index (χ0n) is 14.0. The van der Waals surface area contributed by atoms with E-state index in [-0.39, 0.29) is 24.2 Å². The third kappa shape index (κ3) is 4.31. The van der Waals surface area contributed by atoms with E-state index in [0.29, 0.717) is 23.8 Å². The number of benzene rings is 2. The average molecular weight is 358 g/mol. The molecule has 2 N–H and O–H groups in total. The van der Waals surface area contributed by atoms with Crippen LogP contribution in [0.25, 0.3) is 0 Å². The van der Waals surface area contributed by atoms with Gasteiger partial charge in [0, 0.05) is 31.6 Å². The van der Waals surface area contributed by atoms with Crippen molar-refractivity contribution >= 4 is 34.8 Å². The zero-order chi connectivity index (χ0) is 17.8. The molecule has 1 aliphatic heterocycles. The van der Waals surface area contributed by atoms with E-state index in [1.165, 1.54) is 0 Å². The van der Waals surface area contributed by atoms with Crippen LogP contribution in [0, 0.1) is 5.92 Å². The Kier molecular flexibility index (Phi) is 5.24. The van der Waals surface area contributed by atoms with Crippen LogP contribution >= 0.6 is 11.6 Å². The normalized spacial score (nSPS) is 16.8. The van der Waals surface area contributed by atoms with E-state index in [1.54, 1.807) is 24.1 Å². The number of hydrogen-bond acceptors (Lipinski definition) is 3. The van der Waals surface area contributed by atoms with Crippen molar-refractivity contribution in [1.29, 1.82) is 0 Å². The number of carbonyl (C=O) groups excluding carboxylic acids is 2. The van der Waals surface area contributed by atoms with Gasteiger partial charge in [-0.3, -0.25) is 9.59 Å². The summed E-state index contributed by atoms with van der Waals surface area (Å²) in [4.78, 5) is 25.7. The van der Waals surface area contributed by atoms with Crippen molar-refractivity contribution < 1.29 is 9.59 Å². The van der Waals surface area contributed by atoms with E-state index in [4.69, 9.17) is 11.6 Å². The Balaban J connectivity index is 1.71. The third-order valence-corrected chi connectivity index (χ3v) is 4.51. The molecule has 2 aromatic rings. The number of rotatable bonds is 5. The molecule has 0 radical (unpaired) electrons. The maximum atomic E-state index is 12.5. The van der Waals surface area contributed by atoms with Gasteiger partial charge in [0.05, 0.1) is 17.3 Å². The van der Waals surface area contributed by atoms with Crippen molar-refractivity contribution in [3.05, 3.63) is 59.1 Å². The van der Waals surface area contributed by atoms with Gasteiger partial charge in [0.15, 0.2) is 0 Å². The molecule has 1 saturated heterocycles. The summed E-state index contributed by atoms with van der Waals surface area (Å²) in [5, 5.41) is 6.77. The van der Waals surface area contributed by atoms with E-state index >= 15 is 0 Å². The fraction of sp³-hybridized carbons (Fsp3) is 0.263. The van der Waals surface area contributed by atoms with Crippen LogP contribution in [0.1, 0.15) is 12.0 Å². The molecule has 0 saturated carbocycles. The Morgan fingerprint density at radius 2 is 1.96 bits per heavy atom. The quantitative estimate of drug-likeness (QED) is 0.862. The summed E-state index contributed by atoms with van der Waals surface area (Å²) in [7, 11) is 1.71. The first-order valence-corrected chi connectivity index (χ1v) is 8.53. The van der Waals surface area contributed by atoms with Crippen LogP contribution in [-0.4, -0.2) is 30.3 Å². The largest absolute Gasteiger partial charge is 0.379 e. The summed E-state index contributed by atoms with van der Waals surface area (Å²) in [5.41, 5.74) is 2.55. The maximum Gasteiger partial charge on any atom is 0.229 e. The van der Waals surface area contributed by atoms with Crippen LogP contribution in [0.3, 0.4) is 0 Å². The molecule has 3 rings (SSSR count). The highest BCUT2D eigenvalue weighted by atomic mass is 35.5. The number of nitrogens with one attached hydrogen (secondary N) is 2. The number of carbonyl (C=O) groups is 2. The molecule has 6 heteroatoms. The van der Waals surface area contributed by atoms with Gasteiger partial charge in [-0.25, -0.2) is 0 Å². The second-order valence-corrected chi connectivity index (χ2v) is 6.63. The van der Waals surface area contributed by atoms with Crippen LogP contribution in [0.15, 0.2) is 48.5 Å². The Labute approximate surface area is 152 Å². The Bertz CT molecular complexity index is 779. The van der Waals surface area contributed by atoms with E-state index in [1.807, 2.05) is 36.4 Å². The molecule has 2 aromatic carbocycles. The van der Waals surface area contributed by atoms with Gasteiger partial charge in [0.25, 0.3) is 0 Å². The highest BCUT2D eigenvalue weighted by Gasteiger charge is 2.32. The molecule has 130 valence electrons. The molecule has 0 aliphatic carbocycles. The summed E-state index contributed by atoms with van der Waals surface area (Å²) < 4.78 is 0. The van der Waals surface area contributed by atoms with Crippen LogP contribution in [-0.2, 0) is 16.1 Å². The summed E-state index contributed by atoms with van der Waals surface area (Å²) in [5.74, 6) is -0.505. The molecular weight excluding hydrogens is 338 g/mol. The number of amides is 2. The number of nitrogens with zero attached hydrogens (tertiary/aromatic N) is 1. The lowest BCUT2D eigenvalue weighted by Gasteiger charge is -2.16. The lowest BCUT2D eigenvalue weighted by molar-refractivity contribution is -0.127. The van der Waals surface area contributed by atoms with Crippen molar-refractivity contribution in [3.8, 4) is 0 Å². The molecule has 2 amide bonds. The fourth-order valence-corrected chi connectivity index (χ4v) is 3.01. The van der Waals surface area contributed by atoms with Gasteiger partial charge in [-0.05, 0) is 23.8 Å². The molecule has 0 aromatic heterocycles. The van der Waals surface area contributed by atoms with Crippen LogP contribution in [0.2, 0.25) is 5.02 Å². The maximum absolute atomic E-state index is 12.5. The fourth-order valence-electron chi connectivity index (χ4n) is 2.84. The molecular formula is C19H20ClN3O2. The van der Waals surface area contributed by atoms with Crippen molar-refractivity contribution in [3.63, 3.8) is 0 Å². The van der Waals surface area contributed by atoms with Crippen molar-refractivity contribution in [1.82, 2.24) is 4.90 Å². The number of likely N-dealkylation sites (tertiary alicyclic amines) is 1. The number of anilines is 2. The van der Waals surface area contributed by atoms with Gasteiger partial charge in [-0.15, -0.1) is 0 Å². The predicted octanol–water partition coefficient (Wildman–Crippen LogP) is 3.37. The molecule has 25 heavy (non-hydrogen) atoms. The van der Waals surface area contributed by atoms with E-state index in [0.717, 1.165) is 11.3 Å². The Hall–Kier alpha value is -2.53. The van der Waals surface area contributed by atoms with Gasteiger partial charge in [0.2, 0.25) is 11.8 Å². The van der Waals surface area contributed by atoms with Crippen molar-refractivity contribution in [2.75, 3.05) is 24.2 Å². The first kappa shape index (κ1) is 17.3. The summed E-state index contributed by atoms with van der Waals surface area (Å²) in [6.07, 6.45) is 0.246. The molecule has 1 aliphatic rings. The Morgan fingerprint density at radius 3 is 2.64 bits per heavy atom. The SMILES string of the molecule is CN1CC(C(=O)Nc2cc(Cl)ccc2NCc2ccccc2)CC1=O. The smallest absolute Gasteiger partial charge is 0.229 e. The molecule has 1 atom stereocenters. The standard InChI is InChI=1S/C19H20ClN3O2/c1-23-12-14(9-18(23)24)19(25)22-17-10-15(20)7-8-16(17)21-11-13-5-3-2-4-6-13/h2-8,10,14,21H,9,11-12H2,1H3,(H,22,25). The topological polar surface area (TPSA) is 61.4 Å². The number of hydrogen-bond donors (Lipinski definition) is 2. The van der Waals surface area contributed by atoms with E-state index in [9.17, 15) is 9.59 Å². The van der Waals surface area contributed by atoms with Crippen LogP contribution in [0.4, 0.5) is 11.4 Å². The third-order valence-electron chi connectivity index (χ3n) is 4.28. The molecule has 0 spiro atoms. The second-order valence-electron chi connectivity index (χ2n) is 6.19. The molecule has 0 bridgehead atoms. The van der Waals surface area contributed by atoms with E-state index in [2.05, 4.69) is 10.6 Å². The van der Waals surface area contributed by atoms with Gasteiger partial charge in [-0.2, -0.15) is 0 Å². The molecule has 1 heterocycles. The van der Waals surface area contributed by atoms with Gasteiger partial charge in [0.1, 0.15) is 0 Å². The van der Waals surface area contributed by atoms with Crippen LogP contribution < -0.4 is 10.6 Å². The van der Waals surface area contributed by atoms with Gasteiger partial charge >= 0.3 is 0 Å². The molecule has 5 nitrogen and oxygen atoms in total. The highest BCUT2D eigenvalue weighted by Crippen LogP contribution is 2.28. The van der Waals surface area contributed by atoms with Crippen molar-refractivity contribution in [2.45, 2.75) is 13.0 Å². The summed E-state index contributed by atoms with van der Waals surface area (Å²) in [6, 6.07) is 15.3. The molecule has 1 unspecified atom stereocenters. The Morgan fingerprint density at radius 1 is 1.20 bits per heavy atom. The van der Waals surface area contributed by atoms with Gasteiger partial charge < -0.3 is 15.5 Å². The highest BCUT2D eigenvalue weighted by molar-refractivity contribution is 6.31. The minimum Gasteiger partial charge on any atom is -0.379 e. The monoisotopic (exact) mass is 357 g/mol. The van der Waals surface area contributed by atoms with E-state index < -0.39 is 0 Å². The molecule has 1 fully saturated rings. The minimum atomic E-state index is -0.335. The lowest BCUT2D eigenvalue weighted by Crippen LogP contribution is -2.26. The first-order valence-electron chi connectivity index (χ1n) is 8.15. The first-order chi connectivity index (χ1) is 12.0. The summed E-state index contributed by atoms with van der Waals surface area (Å²) in [6.45, 7) is 1.08. The second kappa shape index (κ2) is 7.57. The summed E-state index contributed by atoms with van der Waals surface area (Å²) >= 11 is 6.08. The lowest BCUT2D eigenvalue weighted by atomic mass is 10.1.